The van der Waals surface area contributed by atoms with E-state index in [2.05, 4.69) is 10.4 Å². The van der Waals surface area contributed by atoms with Crippen LogP contribution in [0.3, 0.4) is 0 Å². The minimum Gasteiger partial charge on any atom is -0.322 e. The highest BCUT2D eigenvalue weighted by molar-refractivity contribution is 7.71. The minimum atomic E-state index is -0.319. The van der Waals surface area contributed by atoms with Crippen molar-refractivity contribution in [2.75, 3.05) is 5.43 Å². The number of carbonyl (C=O) groups is 1. The molecule has 0 radical (unpaired) electrons. The largest absolute Gasteiger partial charge is 0.322 e. The second kappa shape index (κ2) is 6.51. The molecule has 0 saturated carbocycles. The number of nitrogens with one attached hydrogen (secondary N) is 2. The third-order valence-corrected chi connectivity index (χ3v) is 7.06. The highest BCUT2D eigenvalue weighted by Crippen LogP contribution is 2.33. The molecule has 1 amide bonds. The first-order chi connectivity index (χ1) is 12.1. The summed E-state index contributed by atoms with van der Waals surface area (Å²) in [5.74, 6) is -0.319. The van der Waals surface area contributed by atoms with E-state index >= 15 is 0 Å². The molecule has 3 aromatic heterocycles. The van der Waals surface area contributed by atoms with Gasteiger partial charge >= 0.3 is 0 Å². The van der Waals surface area contributed by atoms with Crippen molar-refractivity contribution in [1.82, 2.24) is 9.66 Å². The number of H-pyrrole nitrogens is 1. The summed E-state index contributed by atoms with van der Waals surface area (Å²) in [6.45, 7) is 2.04. The number of hydrogen-bond acceptors (Lipinski definition) is 5. The molecule has 5 nitrogen and oxygen atoms in total. The van der Waals surface area contributed by atoms with Crippen LogP contribution in [0.4, 0.5) is 0 Å². The molecule has 2 N–H and O–H groups in total. The van der Waals surface area contributed by atoms with Gasteiger partial charge in [-0.1, -0.05) is 6.92 Å². The molecule has 0 unspecified atom stereocenters. The van der Waals surface area contributed by atoms with Crippen molar-refractivity contribution < 1.29 is 4.79 Å². The van der Waals surface area contributed by atoms with Gasteiger partial charge in [0.2, 0.25) is 4.77 Å². The average molecular weight is 392 g/mol. The molecule has 3 heterocycles. The molecule has 0 saturated heterocycles. The number of aromatic nitrogens is 2. The van der Waals surface area contributed by atoms with Gasteiger partial charge in [-0.05, 0) is 56.0 Å². The summed E-state index contributed by atoms with van der Waals surface area (Å²) in [6.07, 6.45) is 5.05. The Morgan fingerprint density at radius 2 is 2.20 bits per heavy atom. The fraction of sp³-hybridized carbons (Fsp3) is 0.353. The van der Waals surface area contributed by atoms with Crippen LogP contribution in [-0.2, 0) is 19.3 Å². The third-order valence-electron chi connectivity index (χ3n) is 4.49. The number of fused-ring (bicyclic) bond motifs is 3. The summed E-state index contributed by atoms with van der Waals surface area (Å²) in [6, 6.07) is 1.85. The summed E-state index contributed by atoms with van der Waals surface area (Å²) in [7, 11) is 0. The maximum absolute atomic E-state index is 13.0. The van der Waals surface area contributed by atoms with Gasteiger partial charge < -0.3 is 4.98 Å². The lowest BCUT2D eigenvalue weighted by molar-refractivity contribution is 0.101. The van der Waals surface area contributed by atoms with E-state index in [0.29, 0.717) is 10.9 Å². The Bertz CT molecular complexity index is 1090. The molecular formula is C17H17N3O2S3. The van der Waals surface area contributed by atoms with E-state index in [9.17, 15) is 9.59 Å². The molecule has 1 aliphatic carbocycles. The van der Waals surface area contributed by atoms with Gasteiger partial charge in [-0.2, -0.15) is 4.68 Å². The van der Waals surface area contributed by atoms with Crippen molar-refractivity contribution >= 4 is 51.0 Å². The zero-order chi connectivity index (χ0) is 17.6. The van der Waals surface area contributed by atoms with Crippen LogP contribution >= 0.6 is 34.9 Å². The number of amides is 1. The van der Waals surface area contributed by atoms with Crippen molar-refractivity contribution in [1.29, 1.82) is 0 Å². The molecule has 25 heavy (non-hydrogen) atoms. The number of carbonyl (C=O) groups excluding carboxylic acids is 1. The molecule has 8 heteroatoms. The standard InChI is InChI=1S/C17H17N3O2S3/c1-2-10-7-9(8-24-10)14(21)19-20-16(22)13-11-5-3-4-6-12(11)25-15(13)18-17(20)23/h7-8H,2-6H2,1H3,(H,18,23)(H,19,21). The number of nitrogens with zero attached hydrogens (tertiary/aromatic N) is 1. The van der Waals surface area contributed by atoms with Crippen molar-refractivity contribution in [3.05, 3.63) is 47.5 Å². The maximum atomic E-state index is 13.0. The highest BCUT2D eigenvalue weighted by atomic mass is 32.1. The first-order valence-electron chi connectivity index (χ1n) is 8.27. The van der Waals surface area contributed by atoms with Crippen molar-refractivity contribution in [2.45, 2.75) is 39.0 Å². The normalized spacial score (nSPS) is 13.8. The number of thiophene rings is 2. The number of aryl methyl sites for hydroxylation is 3. The Kier molecular flexibility index (Phi) is 4.35. The predicted molar refractivity (Wildman–Crippen MR) is 105 cm³/mol. The Morgan fingerprint density at radius 1 is 1.40 bits per heavy atom. The maximum Gasteiger partial charge on any atom is 0.282 e. The van der Waals surface area contributed by atoms with Crippen LogP contribution < -0.4 is 11.0 Å². The molecule has 3 aromatic rings. The van der Waals surface area contributed by atoms with Gasteiger partial charge in [-0.25, -0.2) is 0 Å². The van der Waals surface area contributed by atoms with E-state index in [1.54, 1.807) is 16.7 Å². The quantitative estimate of drug-likeness (QED) is 0.663. The average Bonchev–Trinajstić information content (AvgIpc) is 3.22. The number of hydrogen-bond donors (Lipinski definition) is 2. The summed E-state index contributed by atoms with van der Waals surface area (Å²) >= 11 is 8.46. The van der Waals surface area contributed by atoms with Gasteiger partial charge in [0.25, 0.3) is 11.5 Å². The molecule has 0 spiro atoms. The Labute approximate surface area is 157 Å². The molecule has 0 aromatic carbocycles. The van der Waals surface area contributed by atoms with Crippen molar-refractivity contribution in [2.24, 2.45) is 0 Å². The second-order valence-electron chi connectivity index (χ2n) is 6.08. The Balaban J connectivity index is 1.78. The third kappa shape index (κ3) is 2.88. The first-order valence-corrected chi connectivity index (χ1v) is 10.4. The molecule has 130 valence electrons. The van der Waals surface area contributed by atoms with Crippen molar-refractivity contribution in [3.63, 3.8) is 0 Å². The molecule has 0 fully saturated rings. The van der Waals surface area contributed by atoms with Gasteiger partial charge in [0.1, 0.15) is 4.83 Å². The SMILES string of the molecule is CCc1cc(C(=O)Nn2c(=S)[nH]c3sc4c(c3c2=O)CCCC4)cs1. The molecule has 0 aliphatic heterocycles. The Morgan fingerprint density at radius 3 is 2.96 bits per heavy atom. The smallest absolute Gasteiger partial charge is 0.282 e. The summed E-state index contributed by atoms with van der Waals surface area (Å²) in [4.78, 5) is 31.8. The van der Waals surface area contributed by atoms with Gasteiger partial charge in [0, 0.05) is 15.1 Å². The Hall–Kier alpha value is -1.77. The van der Waals surface area contributed by atoms with Gasteiger partial charge in [-0.15, -0.1) is 22.7 Å². The lowest BCUT2D eigenvalue weighted by Gasteiger charge is -2.11. The van der Waals surface area contributed by atoms with Crippen LogP contribution in [0.5, 0.6) is 0 Å². The molecule has 1 aliphatic rings. The molecule has 0 atom stereocenters. The highest BCUT2D eigenvalue weighted by Gasteiger charge is 2.21. The fourth-order valence-corrected chi connectivity index (χ4v) is 5.58. The fourth-order valence-electron chi connectivity index (χ4n) is 3.19. The molecular weight excluding hydrogens is 374 g/mol. The molecule has 4 rings (SSSR count). The number of rotatable bonds is 3. The predicted octanol–water partition coefficient (Wildman–Crippen LogP) is 4.01. The number of aromatic amines is 1. The summed E-state index contributed by atoms with van der Waals surface area (Å²) in [5.41, 5.74) is 4.09. The van der Waals surface area contributed by atoms with Crippen LogP contribution in [0.15, 0.2) is 16.2 Å². The monoisotopic (exact) mass is 391 g/mol. The summed E-state index contributed by atoms with van der Waals surface area (Å²) < 4.78 is 1.39. The summed E-state index contributed by atoms with van der Waals surface area (Å²) in [5, 5.41) is 2.48. The van der Waals surface area contributed by atoms with E-state index < -0.39 is 0 Å². The van der Waals surface area contributed by atoms with Crippen LogP contribution in [0.2, 0.25) is 0 Å². The minimum absolute atomic E-state index is 0.218. The van der Waals surface area contributed by atoms with E-state index in [1.165, 1.54) is 20.9 Å². The van der Waals surface area contributed by atoms with E-state index in [0.717, 1.165) is 47.4 Å². The van der Waals surface area contributed by atoms with Crippen LogP contribution in [0.25, 0.3) is 10.2 Å². The zero-order valence-electron chi connectivity index (χ0n) is 13.7. The van der Waals surface area contributed by atoms with Gasteiger partial charge in [-0.3, -0.25) is 15.0 Å². The second-order valence-corrected chi connectivity index (χ2v) is 8.57. The van der Waals surface area contributed by atoms with E-state index in [-0.39, 0.29) is 16.2 Å². The van der Waals surface area contributed by atoms with Gasteiger partial charge in [0.15, 0.2) is 0 Å². The zero-order valence-corrected chi connectivity index (χ0v) is 16.1. The van der Waals surface area contributed by atoms with E-state index in [4.69, 9.17) is 12.2 Å². The first kappa shape index (κ1) is 16.7. The molecule has 0 bridgehead atoms. The van der Waals surface area contributed by atoms with Crippen LogP contribution in [0, 0.1) is 4.77 Å². The van der Waals surface area contributed by atoms with Gasteiger partial charge in [0.05, 0.1) is 10.9 Å². The van der Waals surface area contributed by atoms with Crippen LogP contribution in [-0.4, -0.2) is 15.6 Å². The lowest BCUT2D eigenvalue weighted by Crippen LogP contribution is -2.34. The van der Waals surface area contributed by atoms with Crippen LogP contribution in [0.1, 0.15) is 45.4 Å². The van der Waals surface area contributed by atoms with Crippen molar-refractivity contribution in [3.8, 4) is 0 Å². The lowest BCUT2D eigenvalue weighted by atomic mass is 9.97. The topological polar surface area (TPSA) is 66.9 Å². The van der Waals surface area contributed by atoms with E-state index in [1.807, 2.05) is 13.0 Å².